The van der Waals surface area contributed by atoms with Gasteiger partial charge in [0.2, 0.25) is 0 Å². The first-order valence-corrected chi connectivity index (χ1v) is 8.31. The van der Waals surface area contributed by atoms with Crippen LogP contribution in [0.3, 0.4) is 0 Å². The Morgan fingerprint density at radius 1 is 1.42 bits per heavy atom. The quantitative estimate of drug-likeness (QED) is 0.919. The number of hydrogen-bond donors (Lipinski definition) is 1. The van der Waals surface area contributed by atoms with Crippen molar-refractivity contribution in [2.45, 2.75) is 37.0 Å². The number of sulfone groups is 1. The first kappa shape index (κ1) is 14.3. The molecule has 4 nitrogen and oxygen atoms in total. The average Bonchev–Trinajstić information content (AvgIpc) is 2.72. The standard InChI is InChI=1S/C14H20O4S/c1-10-6-7-12(18-2)11(9-10)14(15)8-4-5-13(14)19(3,16)17/h6-7,9,13,15H,4-5,8H2,1-3H3. The van der Waals surface area contributed by atoms with Crippen LogP contribution in [-0.4, -0.2) is 32.1 Å². The van der Waals surface area contributed by atoms with Gasteiger partial charge in [-0.1, -0.05) is 11.6 Å². The smallest absolute Gasteiger partial charge is 0.153 e. The molecule has 1 aromatic rings. The van der Waals surface area contributed by atoms with Crippen molar-refractivity contribution in [3.8, 4) is 5.75 Å². The van der Waals surface area contributed by atoms with E-state index in [0.717, 1.165) is 5.56 Å². The van der Waals surface area contributed by atoms with E-state index in [1.807, 2.05) is 19.1 Å². The van der Waals surface area contributed by atoms with Crippen molar-refractivity contribution < 1.29 is 18.3 Å². The summed E-state index contributed by atoms with van der Waals surface area (Å²) in [4.78, 5) is 0. The number of rotatable bonds is 3. The van der Waals surface area contributed by atoms with Gasteiger partial charge >= 0.3 is 0 Å². The Morgan fingerprint density at radius 2 is 2.11 bits per heavy atom. The summed E-state index contributed by atoms with van der Waals surface area (Å²) in [5.41, 5.74) is 0.219. The summed E-state index contributed by atoms with van der Waals surface area (Å²) >= 11 is 0. The molecule has 1 aliphatic carbocycles. The van der Waals surface area contributed by atoms with E-state index in [0.29, 0.717) is 30.6 Å². The van der Waals surface area contributed by atoms with Gasteiger partial charge in [-0.3, -0.25) is 0 Å². The molecule has 0 amide bonds. The van der Waals surface area contributed by atoms with E-state index in [-0.39, 0.29) is 0 Å². The third-order valence-corrected chi connectivity index (χ3v) is 5.55. The average molecular weight is 284 g/mol. The molecule has 0 spiro atoms. The second kappa shape index (κ2) is 4.80. The molecule has 2 unspecified atom stereocenters. The highest BCUT2D eigenvalue weighted by molar-refractivity contribution is 7.91. The van der Waals surface area contributed by atoms with Crippen molar-refractivity contribution in [3.05, 3.63) is 29.3 Å². The highest BCUT2D eigenvalue weighted by Crippen LogP contribution is 2.45. The molecule has 0 aromatic heterocycles. The van der Waals surface area contributed by atoms with Gasteiger partial charge in [-0.2, -0.15) is 0 Å². The van der Waals surface area contributed by atoms with E-state index in [4.69, 9.17) is 4.74 Å². The largest absolute Gasteiger partial charge is 0.496 e. The van der Waals surface area contributed by atoms with Gasteiger partial charge in [0.1, 0.15) is 11.4 Å². The van der Waals surface area contributed by atoms with Crippen molar-refractivity contribution in [2.75, 3.05) is 13.4 Å². The fourth-order valence-corrected chi connectivity index (χ4v) is 4.54. The molecule has 5 heteroatoms. The van der Waals surface area contributed by atoms with Crippen molar-refractivity contribution in [1.82, 2.24) is 0 Å². The molecule has 0 saturated heterocycles. The Labute approximate surface area is 114 Å². The van der Waals surface area contributed by atoms with Crippen molar-refractivity contribution >= 4 is 9.84 Å². The molecule has 19 heavy (non-hydrogen) atoms. The molecule has 1 N–H and O–H groups in total. The van der Waals surface area contributed by atoms with Crippen LogP contribution in [0.4, 0.5) is 0 Å². The predicted octanol–water partition coefficient (Wildman–Crippen LogP) is 1.79. The van der Waals surface area contributed by atoms with Crippen LogP contribution in [0, 0.1) is 6.92 Å². The van der Waals surface area contributed by atoms with Gasteiger partial charge in [0, 0.05) is 11.8 Å². The Morgan fingerprint density at radius 3 is 2.68 bits per heavy atom. The third kappa shape index (κ3) is 2.49. The highest BCUT2D eigenvalue weighted by atomic mass is 32.2. The summed E-state index contributed by atoms with van der Waals surface area (Å²) in [6, 6.07) is 5.48. The van der Waals surface area contributed by atoms with Crippen molar-refractivity contribution in [3.63, 3.8) is 0 Å². The van der Waals surface area contributed by atoms with Crippen LogP contribution in [0.25, 0.3) is 0 Å². The maximum Gasteiger partial charge on any atom is 0.153 e. The van der Waals surface area contributed by atoms with Gasteiger partial charge in [0.25, 0.3) is 0 Å². The Balaban J connectivity index is 2.58. The van der Waals surface area contributed by atoms with Gasteiger partial charge in [0.15, 0.2) is 9.84 Å². The van der Waals surface area contributed by atoms with Gasteiger partial charge in [-0.15, -0.1) is 0 Å². The minimum atomic E-state index is -3.30. The maximum atomic E-state index is 11.9. The number of ether oxygens (including phenoxy) is 1. The Bertz CT molecular complexity index is 579. The summed E-state index contributed by atoms with van der Waals surface area (Å²) in [6.45, 7) is 1.91. The fourth-order valence-electron chi connectivity index (χ4n) is 2.99. The molecule has 1 fully saturated rings. The zero-order valence-electron chi connectivity index (χ0n) is 11.5. The van der Waals surface area contributed by atoms with Crippen molar-refractivity contribution in [2.24, 2.45) is 0 Å². The van der Waals surface area contributed by atoms with E-state index in [1.165, 1.54) is 13.4 Å². The van der Waals surface area contributed by atoms with Gasteiger partial charge in [-0.05, 0) is 38.3 Å². The zero-order valence-corrected chi connectivity index (χ0v) is 12.3. The van der Waals surface area contributed by atoms with E-state index >= 15 is 0 Å². The monoisotopic (exact) mass is 284 g/mol. The van der Waals surface area contributed by atoms with Crippen LogP contribution >= 0.6 is 0 Å². The zero-order chi connectivity index (χ0) is 14.3. The SMILES string of the molecule is COc1ccc(C)cc1C1(O)CCCC1S(C)(=O)=O. The number of aliphatic hydroxyl groups is 1. The predicted molar refractivity (Wildman–Crippen MR) is 74.1 cm³/mol. The lowest BCUT2D eigenvalue weighted by atomic mass is 9.90. The van der Waals surface area contributed by atoms with Crippen LogP contribution < -0.4 is 4.74 Å². The lowest BCUT2D eigenvalue weighted by Crippen LogP contribution is -2.40. The highest BCUT2D eigenvalue weighted by Gasteiger charge is 2.49. The molecule has 106 valence electrons. The van der Waals surface area contributed by atoms with E-state index in [9.17, 15) is 13.5 Å². The van der Waals surface area contributed by atoms with Crippen molar-refractivity contribution in [1.29, 1.82) is 0 Å². The molecular formula is C14H20O4S. The first-order valence-electron chi connectivity index (χ1n) is 6.35. The minimum absolute atomic E-state index is 0.449. The number of methoxy groups -OCH3 is 1. The lowest BCUT2D eigenvalue weighted by Gasteiger charge is -2.31. The maximum absolute atomic E-state index is 11.9. The molecule has 0 radical (unpaired) electrons. The minimum Gasteiger partial charge on any atom is -0.496 e. The Kier molecular flexibility index (Phi) is 3.62. The molecule has 0 bridgehead atoms. The second-order valence-corrected chi connectivity index (χ2v) is 7.57. The molecule has 1 aliphatic rings. The van der Waals surface area contributed by atoms with Crippen LogP contribution in [0.2, 0.25) is 0 Å². The van der Waals surface area contributed by atoms with Crippen LogP contribution in [0.15, 0.2) is 18.2 Å². The van der Waals surface area contributed by atoms with Gasteiger partial charge in [-0.25, -0.2) is 8.42 Å². The first-order chi connectivity index (χ1) is 8.79. The molecule has 2 rings (SSSR count). The molecule has 0 heterocycles. The summed E-state index contributed by atoms with van der Waals surface area (Å²) in [5, 5.41) is 10.2. The van der Waals surface area contributed by atoms with Gasteiger partial charge < -0.3 is 9.84 Å². The van der Waals surface area contributed by atoms with Crippen LogP contribution in [0.5, 0.6) is 5.75 Å². The second-order valence-electron chi connectivity index (χ2n) is 5.34. The van der Waals surface area contributed by atoms with E-state index in [1.54, 1.807) is 6.07 Å². The van der Waals surface area contributed by atoms with Crippen LogP contribution in [0.1, 0.15) is 30.4 Å². The van der Waals surface area contributed by atoms with E-state index < -0.39 is 20.7 Å². The van der Waals surface area contributed by atoms with Gasteiger partial charge in [0.05, 0.1) is 12.4 Å². The summed E-state index contributed by atoms with van der Waals surface area (Å²) in [6.07, 6.45) is 2.83. The fraction of sp³-hybridized carbons (Fsp3) is 0.571. The molecule has 1 aromatic carbocycles. The topological polar surface area (TPSA) is 63.6 Å². The number of hydrogen-bond acceptors (Lipinski definition) is 4. The molecular weight excluding hydrogens is 264 g/mol. The van der Waals surface area contributed by atoms with E-state index in [2.05, 4.69) is 0 Å². The number of aryl methyl sites for hydroxylation is 1. The molecule has 0 aliphatic heterocycles. The molecule has 2 atom stereocenters. The molecule has 1 saturated carbocycles. The number of benzene rings is 1. The Hall–Kier alpha value is -1.07. The van der Waals surface area contributed by atoms with Crippen LogP contribution in [-0.2, 0) is 15.4 Å². The summed E-state index contributed by atoms with van der Waals surface area (Å²) in [7, 11) is -1.77. The lowest BCUT2D eigenvalue weighted by molar-refractivity contribution is 0.0451. The summed E-state index contributed by atoms with van der Waals surface area (Å²) in [5.74, 6) is 0.545. The normalized spacial score (nSPS) is 27.5. The summed E-state index contributed by atoms with van der Waals surface area (Å²) < 4.78 is 29.1. The third-order valence-electron chi connectivity index (χ3n) is 3.90.